The van der Waals surface area contributed by atoms with Gasteiger partial charge in [0, 0.05) is 12.1 Å². The van der Waals surface area contributed by atoms with Crippen molar-refractivity contribution >= 4 is 6.08 Å². The molecule has 16 heavy (non-hydrogen) atoms. The van der Waals surface area contributed by atoms with Crippen molar-refractivity contribution in [2.45, 2.75) is 6.92 Å². The Kier molecular flexibility index (Phi) is 3.63. The second-order valence-corrected chi connectivity index (χ2v) is 3.66. The zero-order valence-electron chi connectivity index (χ0n) is 9.42. The van der Waals surface area contributed by atoms with Crippen molar-refractivity contribution in [2.75, 3.05) is 19.7 Å². The zero-order chi connectivity index (χ0) is 11.2. The zero-order valence-corrected chi connectivity index (χ0v) is 9.42. The fraction of sp³-hybridized carbons (Fsp3) is 0.286. The maximum absolute atomic E-state index is 5.65. The molecule has 0 saturated heterocycles. The predicted molar refractivity (Wildman–Crippen MR) is 66.2 cm³/mol. The number of nitrogens with one attached hydrogen (secondary N) is 1. The van der Waals surface area contributed by atoms with Gasteiger partial charge in [-0.15, -0.1) is 5.92 Å². The van der Waals surface area contributed by atoms with E-state index in [1.54, 1.807) is 0 Å². The van der Waals surface area contributed by atoms with Crippen LogP contribution in [0.15, 0.2) is 29.8 Å². The van der Waals surface area contributed by atoms with Crippen molar-refractivity contribution in [1.82, 2.24) is 5.32 Å². The number of hydrogen-bond acceptors (Lipinski definition) is 2. The quantitative estimate of drug-likeness (QED) is 0.613. The summed E-state index contributed by atoms with van der Waals surface area (Å²) in [6.07, 6.45) is 2.19. The van der Waals surface area contributed by atoms with E-state index in [9.17, 15) is 0 Å². The van der Waals surface area contributed by atoms with E-state index >= 15 is 0 Å². The molecule has 1 aliphatic rings. The van der Waals surface area contributed by atoms with Crippen LogP contribution >= 0.6 is 0 Å². The number of rotatable bonds is 3. The number of benzene rings is 1. The molecule has 0 unspecified atom stereocenters. The van der Waals surface area contributed by atoms with Crippen LogP contribution in [-0.4, -0.2) is 19.7 Å². The van der Waals surface area contributed by atoms with E-state index in [4.69, 9.17) is 4.74 Å². The molecule has 2 nitrogen and oxygen atoms in total. The number of hydrogen-bond donors (Lipinski definition) is 1. The van der Waals surface area contributed by atoms with Crippen LogP contribution in [0, 0.1) is 11.8 Å². The molecule has 0 bridgehead atoms. The summed E-state index contributed by atoms with van der Waals surface area (Å²) in [5.74, 6) is 6.81. The molecule has 0 aliphatic carbocycles. The minimum Gasteiger partial charge on any atom is -0.489 e. The first kappa shape index (κ1) is 10.8. The number of ether oxygens (including phenoxy) is 1. The summed E-state index contributed by atoms with van der Waals surface area (Å²) in [7, 11) is 0. The molecule has 0 saturated carbocycles. The van der Waals surface area contributed by atoms with Gasteiger partial charge in [-0.3, -0.25) is 0 Å². The largest absolute Gasteiger partial charge is 0.489 e. The van der Waals surface area contributed by atoms with E-state index in [-0.39, 0.29) is 0 Å². The molecule has 1 aromatic carbocycles. The lowest BCUT2D eigenvalue weighted by molar-refractivity contribution is 0.343. The molecule has 0 radical (unpaired) electrons. The summed E-state index contributed by atoms with van der Waals surface area (Å²) >= 11 is 0. The number of fused-ring (bicyclic) bond motifs is 1. The maximum Gasteiger partial charge on any atom is 0.127 e. The van der Waals surface area contributed by atoms with Gasteiger partial charge in [0.15, 0.2) is 0 Å². The van der Waals surface area contributed by atoms with Gasteiger partial charge < -0.3 is 10.1 Å². The van der Waals surface area contributed by atoms with E-state index in [1.807, 2.05) is 25.1 Å². The molecule has 1 aliphatic heterocycles. The van der Waals surface area contributed by atoms with Crippen LogP contribution in [-0.2, 0) is 0 Å². The fourth-order valence-electron chi connectivity index (χ4n) is 1.64. The topological polar surface area (TPSA) is 21.3 Å². The molecule has 0 fully saturated rings. The van der Waals surface area contributed by atoms with Crippen molar-refractivity contribution in [3.05, 3.63) is 35.4 Å². The van der Waals surface area contributed by atoms with Gasteiger partial charge >= 0.3 is 0 Å². The standard InChI is InChI=1S/C14H15NO/c1-2-3-8-15-10-12-9-13-6-4-5-7-14(13)16-11-12/h4-7,9,15H,8,10-11H2,1H3. The molecule has 82 valence electrons. The minimum absolute atomic E-state index is 0.670. The van der Waals surface area contributed by atoms with Crippen LogP contribution in [0.5, 0.6) is 5.75 Å². The van der Waals surface area contributed by atoms with Crippen molar-refractivity contribution in [2.24, 2.45) is 0 Å². The maximum atomic E-state index is 5.65. The summed E-state index contributed by atoms with van der Waals surface area (Å²) in [5.41, 5.74) is 2.42. The summed E-state index contributed by atoms with van der Waals surface area (Å²) in [5, 5.41) is 3.26. The van der Waals surface area contributed by atoms with Crippen LogP contribution in [0.2, 0.25) is 0 Å². The third kappa shape index (κ3) is 2.65. The van der Waals surface area contributed by atoms with Gasteiger partial charge in [-0.25, -0.2) is 0 Å². The van der Waals surface area contributed by atoms with E-state index in [1.165, 1.54) is 5.57 Å². The summed E-state index contributed by atoms with van der Waals surface area (Å²) in [6.45, 7) is 4.09. The smallest absolute Gasteiger partial charge is 0.127 e. The van der Waals surface area contributed by atoms with Gasteiger partial charge in [0.05, 0.1) is 6.54 Å². The first-order chi connectivity index (χ1) is 7.90. The molecule has 1 aromatic rings. The van der Waals surface area contributed by atoms with Gasteiger partial charge in [-0.1, -0.05) is 24.1 Å². The molecule has 1 heterocycles. The Bertz CT molecular complexity index is 451. The average Bonchev–Trinajstić information content (AvgIpc) is 2.34. The Morgan fingerprint density at radius 3 is 3.12 bits per heavy atom. The summed E-state index contributed by atoms with van der Waals surface area (Å²) in [6, 6.07) is 8.09. The Morgan fingerprint density at radius 1 is 1.38 bits per heavy atom. The van der Waals surface area contributed by atoms with Gasteiger partial charge in [0.1, 0.15) is 12.4 Å². The third-order valence-electron chi connectivity index (χ3n) is 2.43. The molecule has 1 N–H and O–H groups in total. The highest BCUT2D eigenvalue weighted by Gasteiger charge is 2.09. The van der Waals surface area contributed by atoms with Crippen molar-refractivity contribution in [3.8, 4) is 17.6 Å². The van der Waals surface area contributed by atoms with E-state index in [2.05, 4.69) is 29.3 Å². The normalized spacial score (nSPS) is 12.9. The highest BCUT2D eigenvalue weighted by Crippen LogP contribution is 2.25. The van der Waals surface area contributed by atoms with Crippen LogP contribution in [0.3, 0.4) is 0 Å². The average molecular weight is 213 g/mol. The van der Waals surface area contributed by atoms with Gasteiger partial charge in [0.2, 0.25) is 0 Å². The van der Waals surface area contributed by atoms with Crippen LogP contribution in [0.25, 0.3) is 6.08 Å². The van der Waals surface area contributed by atoms with Crippen molar-refractivity contribution < 1.29 is 4.74 Å². The second kappa shape index (κ2) is 5.39. The van der Waals surface area contributed by atoms with Crippen molar-refractivity contribution in [3.63, 3.8) is 0 Å². The third-order valence-corrected chi connectivity index (χ3v) is 2.43. The van der Waals surface area contributed by atoms with Gasteiger partial charge in [-0.2, -0.15) is 0 Å². The molecule has 0 aromatic heterocycles. The van der Waals surface area contributed by atoms with E-state index < -0.39 is 0 Å². The Hall–Kier alpha value is -1.72. The van der Waals surface area contributed by atoms with Crippen LogP contribution in [0.1, 0.15) is 12.5 Å². The summed E-state index contributed by atoms with van der Waals surface area (Å²) in [4.78, 5) is 0. The molecule has 2 rings (SSSR count). The first-order valence-corrected chi connectivity index (χ1v) is 5.42. The van der Waals surface area contributed by atoms with Crippen LogP contribution in [0.4, 0.5) is 0 Å². The second-order valence-electron chi connectivity index (χ2n) is 3.66. The Balaban J connectivity index is 1.97. The lowest BCUT2D eigenvalue weighted by Gasteiger charge is -2.17. The molecular formula is C14H15NO. The summed E-state index contributed by atoms with van der Waals surface area (Å²) < 4.78 is 5.65. The fourth-order valence-corrected chi connectivity index (χ4v) is 1.64. The lowest BCUT2D eigenvalue weighted by Crippen LogP contribution is -2.21. The highest BCUT2D eigenvalue weighted by molar-refractivity contribution is 5.62. The van der Waals surface area contributed by atoms with E-state index in [0.29, 0.717) is 6.61 Å². The SMILES string of the molecule is CC#CCNCC1=Cc2ccccc2OC1. The molecule has 0 spiro atoms. The van der Waals surface area contributed by atoms with Gasteiger partial charge in [0.25, 0.3) is 0 Å². The minimum atomic E-state index is 0.670. The molecular weight excluding hydrogens is 198 g/mol. The first-order valence-electron chi connectivity index (χ1n) is 5.42. The highest BCUT2D eigenvalue weighted by atomic mass is 16.5. The van der Waals surface area contributed by atoms with Crippen molar-refractivity contribution in [1.29, 1.82) is 0 Å². The molecule has 0 atom stereocenters. The predicted octanol–water partition coefficient (Wildman–Crippen LogP) is 2.08. The Morgan fingerprint density at radius 2 is 2.25 bits per heavy atom. The van der Waals surface area contributed by atoms with Gasteiger partial charge in [-0.05, 0) is 24.6 Å². The Labute approximate surface area is 96.3 Å². The van der Waals surface area contributed by atoms with Crippen LogP contribution < -0.4 is 10.1 Å². The molecule has 0 amide bonds. The monoisotopic (exact) mass is 213 g/mol. The number of para-hydroxylation sites is 1. The lowest BCUT2D eigenvalue weighted by atomic mass is 10.1. The van der Waals surface area contributed by atoms with E-state index in [0.717, 1.165) is 24.4 Å². The molecule has 2 heteroatoms.